The van der Waals surface area contributed by atoms with Crippen LogP contribution in [0.2, 0.25) is 0 Å². The molecular formula is C11H16N4O2. The molecule has 1 aromatic heterocycles. The standard InChI is InChI=1S/C11H16N4O2/c1-17-7-8-4-5-15(6-8)11(16)9-2-3-10(12)14-13-9/h2-3,8H,4-7H2,1H3,(H2,12,14). The van der Waals surface area contributed by atoms with Gasteiger partial charge in [-0.25, -0.2) is 0 Å². The number of hydrogen-bond donors (Lipinski definition) is 1. The van der Waals surface area contributed by atoms with Crippen LogP contribution in [0.1, 0.15) is 16.9 Å². The lowest BCUT2D eigenvalue weighted by atomic mass is 10.1. The molecule has 0 bridgehead atoms. The summed E-state index contributed by atoms with van der Waals surface area (Å²) < 4.78 is 5.09. The van der Waals surface area contributed by atoms with Crippen molar-refractivity contribution in [2.24, 2.45) is 5.92 Å². The van der Waals surface area contributed by atoms with E-state index < -0.39 is 0 Å². The molecule has 2 heterocycles. The van der Waals surface area contributed by atoms with Gasteiger partial charge in [-0.1, -0.05) is 0 Å². The SMILES string of the molecule is COCC1CCN(C(=O)c2ccc(N)nn2)C1. The number of ether oxygens (including phenoxy) is 1. The Morgan fingerprint density at radius 1 is 1.59 bits per heavy atom. The van der Waals surface area contributed by atoms with Gasteiger partial charge >= 0.3 is 0 Å². The first-order valence-corrected chi connectivity index (χ1v) is 5.58. The van der Waals surface area contributed by atoms with Crippen LogP contribution in [0.25, 0.3) is 0 Å². The number of carbonyl (C=O) groups excluding carboxylic acids is 1. The van der Waals surface area contributed by atoms with Crippen LogP contribution in [-0.4, -0.2) is 47.8 Å². The molecule has 1 amide bonds. The summed E-state index contributed by atoms with van der Waals surface area (Å²) in [5, 5.41) is 7.48. The number of anilines is 1. The van der Waals surface area contributed by atoms with Crippen LogP contribution >= 0.6 is 0 Å². The summed E-state index contributed by atoms with van der Waals surface area (Å²) in [6.07, 6.45) is 0.974. The highest BCUT2D eigenvalue weighted by molar-refractivity contribution is 5.92. The first kappa shape index (κ1) is 11.8. The third kappa shape index (κ3) is 2.71. The van der Waals surface area contributed by atoms with Gasteiger partial charge in [0.05, 0.1) is 6.61 Å². The largest absolute Gasteiger partial charge is 0.384 e. The van der Waals surface area contributed by atoms with Gasteiger partial charge in [-0.2, -0.15) is 0 Å². The molecule has 17 heavy (non-hydrogen) atoms. The Labute approximate surface area is 99.8 Å². The maximum absolute atomic E-state index is 12.0. The fourth-order valence-corrected chi connectivity index (χ4v) is 2.01. The second-order valence-corrected chi connectivity index (χ2v) is 4.20. The lowest BCUT2D eigenvalue weighted by Gasteiger charge is -2.15. The molecule has 1 aliphatic rings. The van der Waals surface area contributed by atoms with Crippen molar-refractivity contribution in [3.05, 3.63) is 17.8 Å². The van der Waals surface area contributed by atoms with Crippen molar-refractivity contribution < 1.29 is 9.53 Å². The summed E-state index contributed by atoms with van der Waals surface area (Å²) >= 11 is 0. The number of carbonyl (C=O) groups is 1. The molecule has 1 atom stereocenters. The Hall–Kier alpha value is -1.69. The van der Waals surface area contributed by atoms with E-state index in [0.29, 0.717) is 24.0 Å². The van der Waals surface area contributed by atoms with Gasteiger partial charge < -0.3 is 15.4 Å². The predicted octanol–water partition coefficient (Wildman–Crippen LogP) is 0.167. The predicted molar refractivity (Wildman–Crippen MR) is 62.3 cm³/mol. The molecule has 1 unspecified atom stereocenters. The van der Waals surface area contributed by atoms with Crippen LogP contribution in [0.3, 0.4) is 0 Å². The Bertz CT molecular complexity index is 393. The summed E-state index contributed by atoms with van der Waals surface area (Å²) in [7, 11) is 1.68. The minimum absolute atomic E-state index is 0.0869. The maximum Gasteiger partial charge on any atom is 0.274 e. The van der Waals surface area contributed by atoms with E-state index in [1.807, 2.05) is 0 Å². The Balaban J connectivity index is 1.99. The van der Waals surface area contributed by atoms with Crippen LogP contribution in [0.4, 0.5) is 5.82 Å². The second kappa shape index (κ2) is 5.09. The highest BCUT2D eigenvalue weighted by Crippen LogP contribution is 2.18. The van der Waals surface area contributed by atoms with Crippen LogP contribution in [-0.2, 0) is 4.74 Å². The lowest BCUT2D eigenvalue weighted by Crippen LogP contribution is -2.30. The Morgan fingerprint density at radius 2 is 2.41 bits per heavy atom. The first-order chi connectivity index (χ1) is 8.20. The van der Waals surface area contributed by atoms with E-state index in [1.54, 1.807) is 24.1 Å². The average Bonchev–Trinajstić information content (AvgIpc) is 2.78. The molecule has 0 spiro atoms. The summed E-state index contributed by atoms with van der Waals surface area (Å²) in [6.45, 7) is 2.16. The zero-order chi connectivity index (χ0) is 12.3. The van der Waals surface area contributed by atoms with Crippen LogP contribution in [0.15, 0.2) is 12.1 Å². The Kier molecular flexibility index (Phi) is 3.53. The smallest absolute Gasteiger partial charge is 0.274 e. The van der Waals surface area contributed by atoms with Gasteiger partial charge in [0.2, 0.25) is 0 Å². The molecule has 0 radical (unpaired) electrons. The number of rotatable bonds is 3. The number of nitrogens with two attached hydrogens (primary N) is 1. The quantitative estimate of drug-likeness (QED) is 0.809. The topological polar surface area (TPSA) is 81.3 Å². The van der Waals surface area contributed by atoms with E-state index >= 15 is 0 Å². The van der Waals surface area contributed by atoms with E-state index in [9.17, 15) is 4.79 Å². The fourth-order valence-electron chi connectivity index (χ4n) is 2.01. The maximum atomic E-state index is 12.0. The minimum atomic E-state index is -0.0869. The minimum Gasteiger partial charge on any atom is -0.384 e. The third-order valence-corrected chi connectivity index (χ3v) is 2.88. The number of hydrogen-bond acceptors (Lipinski definition) is 5. The van der Waals surface area contributed by atoms with Crippen molar-refractivity contribution in [3.8, 4) is 0 Å². The molecule has 92 valence electrons. The van der Waals surface area contributed by atoms with Crippen molar-refractivity contribution in [3.63, 3.8) is 0 Å². The molecule has 0 aromatic carbocycles. The van der Waals surface area contributed by atoms with Gasteiger partial charge in [0.1, 0.15) is 5.82 Å². The molecule has 0 saturated carbocycles. The zero-order valence-corrected chi connectivity index (χ0v) is 9.80. The summed E-state index contributed by atoms with van der Waals surface area (Å²) in [6, 6.07) is 3.19. The van der Waals surface area contributed by atoms with Crippen molar-refractivity contribution >= 4 is 11.7 Å². The van der Waals surface area contributed by atoms with E-state index in [1.165, 1.54) is 0 Å². The lowest BCUT2D eigenvalue weighted by molar-refractivity contribution is 0.0768. The molecule has 1 saturated heterocycles. The van der Waals surface area contributed by atoms with E-state index in [-0.39, 0.29) is 5.91 Å². The second-order valence-electron chi connectivity index (χ2n) is 4.20. The van der Waals surface area contributed by atoms with Crippen molar-refractivity contribution in [1.82, 2.24) is 15.1 Å². The molecule has 6 nitrogen and oxygen atoms in total. The molecule has 2 rings (SSSR count). The van der Waals surface area contributed by atoms with Crippen LogP contribution in [0, 0.1) is 5.92 Å². The summed E-state index contributed by atoms with van der Waals surface area (Å²) in [4.78, 5) is 13.8. The number of nitrogens with zero attached hydrogens (tertiary/aromatic N) is 3. The first-order valence-electron chi connectivity index (χ1n) is 5.58. The monoisotopic (exact) mass is 236 g/mol. The van der Waals surface area contributed by atoms with Crippen LogP contribution in [0.5, 0.6) is 0 Å². The van der Waals surface area contributed by atoms with Gasteiger partial charge in [-0.05, 0) is 18.6 Å². The highest BCUT2D eigenvalue weighted by atomic mass is 16.5. The van der Waals surface area contributed by atoms with Crippen molar-refractivity contribution in [1.29, 1.82) is 0 Å². The number of likely N-dealkylation sites (tertiary alicyclic amines) is 1. The molecule has 2 N–H and O–H groups in total. The molecule has 1 aliphatic heterocycles. The number of amides is 1. The Morgan fingerprint density at radius 3 is 3.06 bits per heavy atom. The van der Waals surface area contributed by atoms with Crippen molar-refractivity contribution in [2.75, 3.05) is 32.5 Å². The average molecular weight is 236 g/mol. The fraction of sp³-hybridized carbons (Fsp3) is 0.545. The van der Waals surface area contributed by atoms with E-state index in [4.69, 9.17) is 10.5 Å². The summed E-state index contributed by atoms with van der Waals surface area (Å²) in [5.74, 6) is 0.655. The number of aromatic nitrogens is 2. The van der Waals surface area contributed by atoms with Crippen LogP contribution < -0.4 is 5.73 Å². The third-order valence-electron chi connectivity index (χ3n) is 2.88. The summed E-state index contributed by atoms with van der Waals surface area (Å²) in [5.41, 5.74) is 5.77. The highest BCUT2D eigenvalue weighted by Gasteiger charge is 2.27. The molecule has 1 aromatic rings. The number of nitrogen functional groups attached to an aromatic ring is 1. The molecular weight excluding hydrogens is 220 g/mol. The van der Waals surface area contributed by atoms with E-state index in [2.05, 4.69) is 10.2 Å². The van der Waals surface area contributed by atoms with Gasteiger partial charge in [0, 0.05) is 26.1 Å². The zero-order valence-electron chi connectivity index (χ0n) is 9.80. The van der Waals surface area contributed by atoms with Gasteiger partial charge in [-0.3, -0.25) is 4.79 Å². The molecule has 0 aliphatic carbocycles. The van der Waals surface area contributed by atoms with Crippen molar-refractivity contribution in [2.45, 2.75) is 6.42 Å². The number of methoxy groups -OCH3 is 1. The van der Waals surface area contributed by atoms with Gasteiger partial charge in [0.15, 0.2) is 5.69 Å². The normalized spacial score (nSPS) is 19.6. The van der Waals surface area contributed by atoms with Gasteiger partial charge in [0.25, 0.3) is 5.91 Å². The molecule has 1 fully saturated rings. The molecule has 6 heteroatoms. The van der Waals surface area contributed by atoms with E-state index in [0.717, 1.165) is 19.5 Å². The van der Waals surface area contributed by atoms with Gasteiger partial charge in [-0.15, -0.1) is 10.2 Å².